The fourth-order valence-corrected chi connectivity index (χ4v) is 4.22. The molecule has 1 nitrogen and oxygen atoms in total. The summed E-state index contributed by atoms with van der Waals surface area (Å²) in [5.41, 5.74) is 9.80. The Bertz CT molecular complexity index is 868. The summed E-state index contributed by atoms with van der Waals surface area (Å²) in [5.74, 6) is 0.871. The number of nitrogens with zero attached hydrogens (tertiary/aromatic N) is 1. The van der Waals surface area contributed by atoms with Gasteiger partial charge in [0, 0.05) is 31.3 Å². The summed E-state index contributed by atoms with van der Waals surface area (Å²) in [7, 11) is 4.26. The SMILES string of the molecule is CC(C)C1=CC[C-]=C1C1c2ccccc2-c2c1cccc2N(C)C.[Cl-].[Cl-].[Zr+3]. The average Bonchev–Trinajstić information content (AvgIpc) is 3.16. The van der Waals surface area contributed by atoms with Crippen LogP contribution in [0.3, 0.4) is 0 Å². The number of hydrogen-bond donors (Lipinski definition) is 0. The second kappa shape index (κ2) is 9.59. The summed E-state index contributed by atoms with van der Waals surface area (Å²) in [6, 6.07) is 15.6. The van der Waals surface area contributed by atoms with Crippen LogP contribution in [-0.2, 0) is 26.2 Å². The van der Waals surface area contributed by atoms with Gasteiger partial charge in [-0.3, -0.25) is 6.08 Å². The molecule has 0 amide bonds. The molecule has 0 aliphatic heterocycles. The van der Waals surface area contributed by atoms with Crippen molar-refractivity contribution in [2.45, 2.75) is 26.2 Å². The Kier molecular flexibility index (Phi) is 8.61. The second-order valence-electron chi connectivity index (χ2n) is 7.26. The van der Waals surface area contributed by atoms with E-state index in [1.54, 1.807) is 0 Å². The van der Waals surface area contributed by atoms with Crippen LogP contribution in [0, 0.1) is 12.0 Å². The molecule has 139 valence electrons. The van der Waals surface area contributed by atoms with Crippen molar-refractivity contribution in [3.63, 3.8) is 0 Å². The Labute approximate surface area is 194 Å². The molecule has 2 aromatic rings. The van der Waals surface area contributed by atoms with Gasteiger partial charge < -0.3 is 29.7 Å². The van der Waals surface area contributed by atoms with Gasteiger partial charge in [0.15, 0.2) is 0 Å². The van der Waals surface area contributed by atoms with E-state index in [1.165, 1.54) is 39.1 Å². The molecule has 0 fully saturated rings. The molecule has 0 N–H and O–H groups in total. The molecule has 0 aromatic heterocycles. The van der Waals surface area contributed by atoms with E-state index in [-0.39, 0.29) is 51.0 Å². The van der Waals surface area contributed by atoms with Crippen LogP contribution in [0.2, 0.25) is 0 Å². The monoisotopic (exact) mass is 474 g/mol. The standard InChI is InChI=1S/C23H24N.2ClH.Zr/c1-15(2)16-11-7-12-17(16)22-18-9-5-6-10-19(18)23-20(22)13-8-14-21(23)24(3)4;;;/h5-6,8-11,13-15,22H,7H2,1-4H3;2*1H;/q-1;;;+3/p-2. The first-order valence-electron chi connectivity index (χ1n) is 8.80. The van der Waals surface area contributed by atoms with Gasteiger partial charge in [-0.05, 0) is 22.8 Å². The van der Waals surface area contributed by atoms with Crippen LogP contribution in [0.15, 0.2) is 59.7 Å². The first-order valence-corrected chi connectivity index (χ1v) is 8.80. The number of hydrogen-bond acceptors (Lipinski definition) is 1. The van der Waals surface area contributed by atoms with Crippen molar-refractivity contribution in [1.82, 2.24) is 0 Å². The molecule has 4 heteroatoms. The summed E-state index contributed by atoms with van der Waals surface area (Å²) in [5, 5.41) is 0. The largest absolute Gasteiger partial charge is 3.00 e. The van der Waals surface area contributed by atoms with E-state index in [4.69, 9.17) is 0 Å². The Morgan fingerprint density at radius 3 is 2.30 bits per heavy atom. The van der Waals surface area contributed by atoms with E-state index in [2.05, 4.69) is 87.5 Å². The van der Waals surface area contributed by atoms with E-state index in [0.717, 1.165) is 6.42 Å². The van der Waals surface area contributed by atoms with Crippen LogP contribution < -0.4 is 29.7 Å². The molecule has 2 aliphatic carbocycles. The van der Waals surface area contributed by atoms with Gasteiger partial charge in [0.2, 0.25) is 0 Å². The minimum absolute atomic E-state index is 0. The fourth-order valence-electron chi connectivity index (χ4n) is 4.22. The van der Waals surface area contributed by atoms with Gasteiger partial charge in [-0.2, -0.15) is 11.6 Å². The summed E-state index contributed by atoms with van der Waals surface area (Å²) in [6.45, 7) is 4.58. The van der Waals surface area contributed by atoms with E-state index < -0.39 is 0 Å². The fraction of sp³-hybridized carbons (Fsp3) is 0.304. The van der Waals surface area contributed by atoms with E-state index in [1.807, 2.05) is 0 Å². The van der Waals surface area contributed by atoms with Crippen molar-refractivity contribution in [3.05, 3.63) is 76.9 Å². The molecule has 4 rings (SSSR count). The van der Waals surface area contributed by atoms with Crippen LogP contribution in [0.1, 0.15) is 37.3 Å². The zero-order chi connectivity index (χ0) is 16.8. The third-order valence-corrected chi connectivity index (χ3v) is 5.24. The molecule has 1 unspecified atom stereocenters. The van der Waals surface area contributed by atoms with Crippen molar-refractivity contribution in [2.24, 2.45) is 5.92 Å². The van der Waals surface area contributed by atoms with Crippen molar-refractivity contribution in [1.29, 1.82) is 0 Å². The van der Waals surface area contributed by atoms with Crippen LogP contribution in [0.4, 0.5) is 5.69 Å². The minimum Gasteiger partial charge on any atom is -1.00 e. The molecule has 2 aliphatic rings. The molecular formula is C23H24Cl2NZr. The molecule has 27 heavy (non-hydrogen) atoms. The maximum Gasteiger partial charge on any atom is 3.00 e. The van der Waals surface area contributed by atoms with Gasteiger partial charge >= 0.3 is 26.2 Å². The van der Waals surface area contributed by atoms with Gasteiger partial charge in [-0.25, -0.2) is 5.57 Å². The Morgan fingerprint density at radius 2 is 1.63 bits per heavy atom. The van der Waals surface area contributed by atoms with Crippen LogP contribution in [0.25, 0.3) is 11.1 Å². The van der Waals surface area contributed by atoms with Gasteiger partial charge in [0.05, 0.1) is 0 Å². The maximum absolute atomic E-state index is 3.67. The number of anilines is 1. The molecule has 0 spiro atoms. The Morgan fingerprint density at radius 1 is 0.963 bits per heavy atom. The molecule has 1 radical (unpaired) electrons. The number of benzene rings is 2. The second-order valence-corrected chi connectivity index (χ2v) is 7.26. The first-order chi connectivity index (χ1) is 11.6. The minimum atomic E-state index is 0. The zero-order valence-corrected chi connectivity index (χ0v) is 20.2. The number of fused-ring (bicyclic) bond motifs is 3. The van der Waals surface area contributed by atoms with E-state index in [0.29, 0.717) is 11.8 Å². The van der Waals surface area contributed by atoms with E-state index in [9.17, 15) is 0 Å². The van der Waals surface area contributed by atoms with Crippen molar-refractivity contribution in [2.75, 3.05) is 19.0 Å². The van der Waals surface area contributed by atoms with Crippen molar-refractivity contribution >= 4 is 5.69 Å². The molecule has 0 bridgehead atoms. The van der Waals surface area contributed by atoms with Gasteiger partial charge in [0.1, 0.15) is 0 Å². The number of halogens is 2. The van der Waals surface area contributed by atoms with Crippen molar-refractivity contribution in [3.8, 4) is 11.1 Å². The predicted molar refractivity (Wildman–Crippen MR) is 102 cm³/mol. The zero-order valence-electron chi connectivity index (χ0n) is 16.2. The van der Waals surface area contributed by atoms with Gasteiger partial charge in [-0.1, -0.05) is 56.2 Å². The Hall–Kier alpha value is -0.817. The smallest absolute Gasteiger partial charge is 1.00 e. The predicted octanol–water partition coefficient (Wildman–Crippen LogP) is -0.414. The normalized spacial score (nSPS) is 16.3. The van der Waals surface area contributed by atoms with Gasteiger partial charge in [-0.15, -0.1) is 6.42 Å². The van der Waals surface area contributed by atoms with Crippen LogP contribution in [0.5, 0.6) is 0 Å². The number of allylic oxidation sites excluding steroid dienone is 4. The number of rotatable bonds is 3. The summed E-state index contributed by atoms with van der Waals surface area (Å²) in [6.07, 6.45) is 6.98. The topological polar surface area (TPSA) is 3.24 Å². The quantitative estimate of drug-likeness (QED) is 0.545. The summed E-state index contributed by atoms with van der Waals surface area (Å²) >= 11 is 0. The Balaban J connectivity index is 0.00000121. The van der Waals surface area contributed by atoms with Crippen LogP contribution in [-0.4, -0.2) is 14.1 Å². The molecule has 0 heterocycles. The first kappa shape index (κ1) is 24.2. The van der Waals surface area contributed by atoms with E-state index >= 15 is 0 Å². The molecule has 2 aromatic carbocycles. The van der Waals surface area contributed by atoms with Crippen molar-refractivity contribution < 1.29 is 51.0 Å². The van der Waals surface area contributed by atoms with Gasteiger partial charge in [0.25, 0.3) is 0 Å². The third-order valence-electron chi connectivity index (χ3n) is 5.24. The molecule has 0 saturated carbocycles. The summed E-state index contributed by atoms with van der Waals surface area (Å²) in [4.78, 5) is 2.23. The summed E-state index contributed by atoms with van der Waals surface area (Å²) < 4.78 is 0. The molecule has 1 atom stereocenters. The molecule has 0 saturated heterocycles. The van der Waals surface area contributed by atoms with Crippen LogP contribution >= 0.6 is 0 Å². The molecular weight excluding hydrogens is 452 g/mol. The average molecular weight is 477 g/mol. The third kappa shape index (κ3) is 4.00. The maximum atomic E-state index is 3.67.